The van der Waals surface area contributed by atoms with Crippen LogP contribution in [0.5, 0.6) is 11.5 Å². The molecule has 1 fully saturated rings. The van der Waals surface area contributed by atoms with E-state index in [1.54, 1.807) is 18.2 Å². The molecule has 2 unspecified atom stereocenters. The number of anilines is 1. The van der Waals surface area contributed by atoms with Crippen LogP contribution in [0.15, 0.2) is 48.5 Å². The maximum Gasteiger partial charge on any atom is 0.307 e. The van der Waals surface area contributed by atoms with E-state index in [4.69, 9.17) is 16.3 Å². The van der Waals surface area contributed by atoms with Gasteiger partial charge in [-0.2, -0.15) is 0 Å². The minimum Gasteiger partial charge on any atom is -0.481 e. The summed E-state index contributed by atoms with van der Waals surface area (Å²) in [6.45, 7) is 0. The Morgan fingerprint density at radius 1 is 1.04 bits per heavy atom. The molecule has 26 heavy (non-hydrogen) atoms. The highest BCUT2D eigenvalue weighted by molar-refractivity contribution is 6.31. The van der Waals surface area contributed by atoms with Crippen LogP contribution in [0, 0.1) is 11.8 Å². The molecule has 0 aliphatic heterocycles. The molecule has 2 atom stereocenters. The number of carboxylic acids is 1. The second-order valence-corrected chi connectivity index (χ2v) is 6.82. The summed E-state index contributed by atoms with van der Waals surface area (Å²) in [6, 6.07) is 14.2. The van der Waals surface area contributed by atoms with E-state index in [1.165, 1.54) is 0 Å². The molecule has 2 N–H and O–H groups in total. The van der Waals surface area contributed by atoms with E-state index in [0.29, 0.717) is 35.1 Å². The van der Waals surface area contributed by atoms with Crippen LogP contribution in [-0.4, -0.2) is 17.0 Å². The Bertz CT molecular complexity index is 794. The molecule has 0 bridgehead atoms. The molecule has 6 heteroatoms. The monoisotopic (exact) mass is 373 g/mol. The average molecular weight is 374 g/mol. The summed E-state index contributed by atoms with van der Waals surface area (Å²) >= 11 is 6.07. The number of ether oxygens (including phenoxy) is 1. The van der Waals surface area contributed by atoms with E-state index >= 15 is 0 Å². The van der Waals surface area contributed by atoms with Gasteiger partial charge in [-0.1, -0.05) is 42.6 Å². The van der Waals surface area contributed by atoms with Crippen LogP contribution in [0.25, 0.3) is 0 Å². The zero-order valence-electron chi connectivity index (χ0n) is 14.2. The molecule has 0 heterocycles. The first-order valence-electron chi connectivity index (χ1n) is 8.60. The van der Waals surface area contributed by atoms with Crippen molar-refractivity contribution in [1.82, 2.24) is 0 Å². The van der Waals surface area contributed by atoms with Gasteiger partial charge < -0.3 is 15.2 Å². The Hall–Kier alpha value is -2.53. The number of amides is 1. The number of carbonyl (C=O) groups is 2. The number of carbonyl (C=O) groups excluding carboxylic acids is 1. The largest absolute Gasteiger partial charge is 0.481 e. The number of rotatable bonds is 5. The summed E-state index contributed by atoms with van der Waals surface area (Å²) in [5.74, 6) is -1.34. The molecule has 0 radical (unpaired) electrons. The maximum absolute atomic E-state index is 12.7. The number of benzene rings is 2. The Labute approximate surface area is 156 Å². The molecule has 1 aliphatic carbocycles. The van der Waals surface area contributed by atoms with Gasteiger partial charge in [0.2, 0.25) is 5.91 Å². The Morgan fingerprint density at radius 2 is 1.73 bits per heavy atom. The van der Waals surface area contributed by atoms with Crippen LogP contribution in [0.1, 0.15) is 25.7 Å². The molecule has 1 saturated carbocycles. The fourth-order valence-electron chi connectivity index (χ4n) is 3.27. The van der Waals surface area contributed by atoms with Gasteiger partial charge >= 0.3 is 5.97 Å². The van der Waals surface area contributed by atoms with Crippen molar-refractivity contribution in [3.63, 3.8) is 0 Å². The SMILES string of the molecule is O=C(O)C1CCCCC1C(=O)Nc1cc(Cl)ccc1Oc1ccccc1. The third kappa shape index (κ3) is 4.35. The van der Waals surface area contributed by atoms with Crippen LogP contribution in [0.2, 0.25) is 5.02 Å². The first-order chi connectivity index (χ1) is 12.5. The van der Waals surface area contributed by atoms with Crippen molar-refractivity contribution >= 4 is 29.2 Å². The van der Waals surface area contributed by atoms with Gasteiger partial charge in [0.15, 0.2) is 5.75 Å². The first-order valence-corrected chi connectivity index (χ1v) is 8.98. The summed E-state index contributed by atoms with van der Waals surface area (Å²) in [5.41, 5.74) is 0.432. The van der Waals surface area contributed by atoms with Gasteiger partial charge in [-0.3, -0.25) is 9.59 Å². The van der Waals surface area contributed by atoms with Crippen LogP contribution < -0.4 is 10.1 Å². The van der Waals surface area contributed by atoms with E-state index in [1.807, 2.05) is 30.3 Å². The molecule has 136 valence electrons. The predicted molar refractivity (Wildman–Crippen MR) is 99.7 cm³/mol. The number of nitrogens with one attached hydrogen (secondary N) is 1. The van der Waals surface area contributed by atoms with Crippen molar-refractivity contribution in [2.75, 3.05) is 5.32 Å². The molecule has 2 aromatic carbocycles. The Kier molecular flexibility index (Phi) is 5.78. The number of hydrogen-bond acceptors (Lipinski definition) is 3. The lowest BCUT2D eigenvalue weighted by Gasteiger charge is -2.27. The maximum atomic E-state index is 12.7. The topological polar surface area (TPSA) is 75.6 Å². The van der Waals surface area contributed by atoms with Crippen molar-refractivity contribution in [2.24, 2.45) is 11.8 Å². The highest BCUT2D eigenvalue weighted by Crippen LogP contribution is 2.35. The van der Waals surface area contributed by atoms with Gasteiger partial charge in [-0.15, -0.1) is 0 Å². The predicted octanol–water partition coefficient (Wildman–Crippen LogP) is 4.96. The van der Waals surface area contributed by atoms with E-state index in [9.17, 15) is 14.7 Å². The zero-order valence-corrected chi connectivity index (χ0v) is 14.9. The van der Waals surface area contributed by atoms with E-state index in [-0.39, 0.29) is 5.91 Å². The summed E-state index contributed by atoms with van der Waals surface area (Å²) < 4.78 is 5.84. The van der Waals surface area contributed by atoms with E-state index < -0.39 is 17.8 Å². The molecule has 1 amide bonds. The molecule has 1 aliphatic rings. The third-order valence-electron chi connectivity index (χ3n) is 4.59. The molecular formula is C20H20ClNO4. The van der Waals surface area contributed by atoms with Gasteiger partial charge in [-0.25, -0.2) is 0 Å². The standard InChI is InChI=1S/C20H20ClNO4/c21-13-10-11-18(26-14-6-2-1-3-7-14)17(12-13)22-19(23)15-8-4-5-9-16(15)20(24)25/h1-3,6-7,10-12,15-16H,4-5,8-9H2,(H,22,23)(H,24,25). The molecule has 0 aromatic heterocycles. The smallest absolute Gasteiger partial charge is 0.307 e. The van der Waals surface area contributed by atoms with Crippen molar-refractivity contribution < 1.29 is 19.4 Å². The second-order valence-electron chi connectivity index (χ2n) is 6.38. The lowest BCUT2D eigenvalue weighted by molar-refractivity contribution is -0.147. The highest BCUT2D eigenvalue weighted by Gasteiger charge is 2.36. The quantitative estimate of drug-likeness (QED) is 0.776. The van der Waals surface area contributed by atoms with Crippen LogP contribution in [0.4, 0.5) is 5.69 Å². The van der Waals surface area contributed by atoms with Crippen LogP contribution in [-0.2, 0) is 9.59 Å². The average Bonchev–Trinajstić information content (AvgIpc) is 2.64. The van der Waals surface area contributed by atoms with Gasteiger partial charge in [0.1, 0.15) is 5.75 Å². The number of hydrogen-bond donors (Lipinski definition) is 2. The molecule has 0 spiro atoms. The van der Waals surface area contributed by atoms with Gasteiger partial charge in [0.05, 0.1) is 17.5 Å². The van der Waals surface area contributed by atoms with Crippen LogP contribution >= 0.6 is 11.6 Å². The molecule has 2 aromatic rings. The molecule has 3 rings (SSSR count). The fourth-order valence-corrected chi connectivity index (χ4v) is 3.44. The van der Waals surface area contributed by atoms with Crippen molar-refractivity contribution in [1.29, 1.82) is 0 Å². The lowest BCUT2D eigenvalue weighted by atomic mass is 9.78. The van der Waals surface area contributed by atoms with Crippen molar-refractivity contribution in [3.8, 4) is 11.5 Å². The summed E-state index contributed by atoms with van der Waals surface area (Å²) in [4.78, 5) is 24.2. The number of halogens is 1. The minimum absolute atomic E-state index is 0.308. The number of carboxylic acid groups (broad SMARTS) is 1. The summed E-state index contributed by atoms with van der Waals surface area (Å²) in [7, 11) is 0. The van der Waals surface area contributed by atoms with Crippen molar-refractivity contribution in [3.05, 3.63) is 53.6 Å². The van der Waals surface area contributed by atoms with Gasteiger partial charge in [0.25, 0.3) is 0 Å². The Balaban J connectivity index is 1.81. The normalized spacial score (nSPS) is 19.6. The molecular weight excluding hydrogens is 354 g/mol. The lowest BCUT2D eigenvalue weighted by Crippen LogP contribution is -2.36. The highest BCUT2D eigenvalue weighted by atomic mass is 35.5. The number of aliphatic carboxylic acids is 1. The Morgan fingerprint density at radius 3 is 2.42 bits per heavy atom. The van der Waals surface area contributed by atoms with E-state index in [0.717, 1.165) is 12.8 Å². The fraction of sp³-hybridized carbons (Fsp3) is 0.300. The van der Waals surface area contributed by atoms with Crippen LogP contribution in [0.3, 0.4) is 0 Å². The summed E-state index contributed by atoms with van der Waals surface area (Å²) in [5, 5.41) is 12.7. The zero-order chi connectivity index (χ0) is 18.5. The molecule has 5 nitrogen and oxygen atoms in total. The summed E-state index contributed by atoms with van der Waals surface area (Å²) in [6.07, 6.45) is 2.78. The second kappa shape index (κ2) is 8.23. The van der Waals surface area contributed by atoms with Gasteiger partial charge in [0, 0.05) is 5.02 Å². The number of para-hydroxylation sites is 1. The van der Waals surface area contributed by atoms with Gasteiger partial charge in [-0.05, 0) is 43.2 Å². The van der Waals surface area contributed by atoms with E-state index in [2.05, 4.69) is 5.32 Å². The third-order valence-corrected chi connectivity index (χ3v) is 4.83. The molecule has 0 saturated heterocycles. The minimum atomic E-state index is -0.920. The first kappa shape index (κ1) is 18.3. The van der Waals surface area contributed by atoms with Crippen molar-refractivity contribution in [2.45, 2.75) is 25.7 Å².